The van der Waals surface area contributed by atoms with Gasteiger partial charge in [0.1, 0.15) is 5.69 Å². The maximum atomic E-state index is 12.4. The summed E-state index contributed by atoms with van der Waals surface area (Å²) >= 11 is 0. The van der Waals surface area contributed by atoms with Gasteiger partial charge in [-0.2, -0.15) is 0 Å². The van der Waals surface area contributed by atoms with Gasteiger partial charge in [-0.3, -0.25) is 10.1 Å². The summed E-state index contributed by atoms with van der Waals surface area (Å²) in [5.41, 5.74) is 2.44. The molecule has 2 aromatic carbocycles. The molecule has 0 saturated carbocycles. The number of urea groups is 1. The number of carbonyl (C=O) groups is 1. The molecule has 1 aliphatic heterocycles. The maximum absolute atomic E-state index is 12.4. The largest absolute Gasteiger partial charge is 0.382 e. The van der Waals surface area contributed by atoms with Crippen LogP contribution in [0.5, 0.6) is 0 Å². The van der Waals surface area contributed by atoms with Crippen molar-refractivity contribution in [2.75, 3.05) is 23.7 Å². The Kier molecular flexibility index (Phi) is 5.36. The van der Waals surface area contributed by atoms with Crippen LogP contribution in [-0.2, 0) is 0 Å². The van der Waals surface area contributed by atoms with Gasteiger partial charge in [0.15, 0.2) is 0 Å². The zero-order chi connectivity index (χ0) is 18.5. The number of nitrogens with one attached hydrogen (secondary N) is 2. The number of aryl methyl sites for hydroxylation is 1. The van der Waals surface area contributed by atoms with Crippen LogP contribution in [0.25, 0.3) is 0 Å². The molecule has 0 radical (unpaired) electrons. The summed E-state index contributed by atoms with van der Waals surface area (Å²) < 4.78 is 0. The molecule has 2 aromatic rings. The monoisotopic (exact) mass is 354 g/mol. The van der Waals surface area contributed by atoms with Crippen molar-refractivity contribution in [3.8, 4) is 0 Å². The zero-order valence-electron chi connectivity index (χ0n) is 14.6. The fraction of sp³-hybridized carbons (Fsp3) is 0.316. The predicted octanol–water partition coefficient (Wildman–Crippen LogP) is 4.01. The van der Waals surface area contributed by atoms with Gasteiger partial charge in [0.05, 0.1) is 4.92 Å². The van der Waals surface area contributed by atoms with E-state index in [0.29, 0.717) is 19.1 Å². The lowest BCUT2D eigenvalue weighted by molar-refractivity contribution is -0.383. The number of para-hydroxylation sites is 3. The summed E-state index contributed by atoms with van der Waals surface area (Å²) in [4.78, 5) is 24.7. The first-order valence-corrected chi connectivity index (χ1v) is 8.66. The Morgan fingerprint density at radius 2 is 1.69 bits per heavy atom. The second-order valence-corrected chi connectivity index (χ2v) is 6.42. The van der Waals surface area contributed by atoms with Gasteiger partial charge in [-0.1, -0.05) is 30.3 Å². The summed E-state index contributed by atoms with van der Waals surface area (Å²) in [7, 11) is 0. The minimum absolute atomic E-state index is 0.100. The van der Waals surface area contributed by atoms with E-state index in [4.69, 9.17) is 0 Å². The number of nitro benzene ring substituents is 1. The molecule has 7 nitrogen and oxygen atoms in total. The minimum atomic E-state index is -0.492. The van der Waals surface area contributed by atoms with E-state index in [1.807, 2.05) is 12.1 Å². The average molecular weight is 354 g/mol. The van der Waals surface area contributed by atoms with E-state index in [9.17, 15) is 14.9 Å². The highest BCUT2D eigenvalue weighted by Gasteiger charge is 2.24. The summed E-state index contributed by atoms with van der Waals surface area (Å²) in [5.74, 6) is 0. The Bertz CT molecular complexity index is 801. The van der Waals surface area contributed by atoms with E-state index in [-0.39, 0.29) is 17.4 Å². The lowest BCUT2D eigenvalue weighted by Gasteiger charge is -2.33. The third-order valence-corrected chi connectivity index (χ3v) is 4.63. The van der Waals surface area contributed by atoms with E-state index in [2.05, 4.69) is 29.7 Å². The lowest BCUT2D eigenvalue weighted by Crippen LogP contribution is -2.44. The first kappa shape index (κ1) is 17.7. The molecule has 2 amide bonds. The molecule has 0 unspecified atom stereocenters. The van der Waals surface area contributed by atoms with Crippen LogP contribution in [0.1, 0.15) is 18.4 Å². The number of carbonyl (C=O) groups excluding carboxylic acids is 1. The van der Waals surface area contributed by atoms with Crippen LogP contribution in [0.4, 0.5) is 21.9 Å². The Labute approximate surface area is 152 Å². The van der Waals surface area contributed by atoms with Gasteiger partial charge in [0, 0.05) is 30.9 Å². The quantitative estimate of drug-likeness (QED) is 0.641. The van der Waals surface area contributed by atoms with Gasteiger partial charge >= 0.3 is 6.03 Å². The number of benzene rings is 2. The van der Waals surface area contributed by atoms with Crippen LogP contribution >= 0.6 is 0 Å². The molecule has 7 heteroatoms. The molecule has 0 aliphatic carbocycles. The van der Waals surface area contributed by atoms with Crippen LogP contribution in [0.2, 0.25) is 0 Å². The van der Waals surface area contributed by atoms with Crippen LogP contribution in [0.15, 0.2) is 48.5 Å². The standard InChI is InChI=1S/C19H22N4O3/c1-14-6-2-3-7-16(14)20-15-10-12-22(13-11-15)19(24)21-17-8-4-5-9-18(17)23(25)26/h2-9,15,20H,10-13H2,1H3,(H,21,24). The van der Waals surface area contributed by atoms with Crippen molar-refractivity contribution in [2.45, 2.75) is 25.8 Å². The topological polar surface area (TPSA) is 87.5 Å². The Hall–Kier alpha value is -3.09. The average Bonchev–Trinajstić information content (AvgIpc) is 2.64. The van der Waals surface area contributed by atoms with Crippen molar-refractivity contribution >= 4 is 23.1 Å². The SMILES string of the molecule is Cc1ccccc1NC1CCN(C(=O)Nc2ccccc2[N+](=O)[O-])CC1. The third-order valence-electron chi connectivity index (χ3n) is 4.63. The number of rotatable bonds is 4. The van der Waals surface area contributed by atoms with Gasteiger partial charge in [-0.05, 0) is 37.5 Å². The minimum Gasteiger partial charge on any atom is -0.382 e. The number of anilines is 2. The highest BCUT2D eigenvalue weighted by atomic mass is 16.6. The number of nitro groups is 1. The predicted molar refractivity (Wildman–Crippen MR) is 102 cm³/mol. The number of amides is 2. The van der Waals surface area contributed by atoms with Gasteiger partial charge in [0.2, 0.25) is 0 Å². The van der Waals surface area contributed by atoms with Crippen molar-refractivity contribution in [3.05, 3.63) is 64.2 Å². The molecule has 0 bridgehead atoms. The first-order chi connectivity index (χ1) is 12.5. The van der Waals surface area contributed by atoms with Crippen molar-refractivity contribution in [1.82, 2.24) is 4.90 Å². The van der Waals surface area contributed by atoms with E-state index in [1.165, 1.54) is 11.6 Å². The molecular formula is C19H22N4O3. The molecule has 1 heterocycles. The van der Waals surface area contributed by atoms with Gasteiger partial charge < -0.3 is 15.5 Å². The van der Waals surface area contributed by atoms with Crippen molar-refractivity contribution in [3.63, 3.8) is 0 Å². The van der Waals surface area contributed by atoms with E-state index < -0.39 is 4.92 Å². The summed E-state index contributed by atoms with van der Waals surface area (Å²) in [5, 5.41) is 17.3. The summed E-state index contributed by atoms with van der Waals surface area (Å²) in [6.45, 7) is 3.28. The van der Waals surface area contributed by atoms with Crippen LogP contribution < -0.4 is 10.6 Å². The summed E-state index contributed by atoms with van der Waals surface area (Å²) in [6, 6.07) is 14.3. The van der Waals surface area contributed by atoms with Crippen molar-refractivity contribution in [1.29, 1.82) is 0 Å². The lowest BCUT2D eigenvalue weighted by atomic mass is 10.0. The number of nitrogens with zero attached hydrogens (tertiary/aromatic N) is 2. The summed E-state index contributed by atoms with van der Waals surface area (Å²) in [6.07, 6.45) is 1.66. The van der Waals surface area contributed by atoms with Crippen molar-refractivity contribution < 1.29 is 9.72 Å². The highest BCUT2D eigenvalue weighted by Crippen LogP contribution is 2.24. The van der Waals surface area contributed by atoms with Crippen LogP contribution in [-0.4, -0.2) is 35.0 Å². The number of hydrogen-bond donors (Lipinski definition) is 2. The van der Waals surface area contributed by atoms with Crippen LogP contribution in [0.3, 0.4) is 0 Å². The molecule has 2 N–H and O–H groups in total. The third kappa shape index (κ3) is 4.11. The van der Waals surface area contributed by atoms with Crippen LogP contribution in [0, 0.1) is 17.0 Å². The first-order valence-electron chi connectivity index (χ1n) is 8.66. The zero-order valence-corrected chi connectivity index (χ0v) is 14.6. The fourth-order valence-electron chi connectivity index (χ4n) is 3.11. The Morgan fingerprint density at radius 3 is 2.35 bits per heavy atom. The number of piperidine rings is 1. The molecule has 0 spiro atoms. The smallest absolute Gasteiger partial charge is 0.322 e. The Morgan fingerprint density at radius 1 is 1.08 bits per heavy atom. The molecule has 0 aromatic heterocycles. The van der Waals surface area contributed by atoms with E-state index in [0.717, 1.165) is 18.5 Å². The second kappa shape index (κ2) is 7.86. The van der Waals surface area contributed by atoms with E-state index >= 15 is 0 Å². The number of hydrogen-bond acceptors (Lipinski definition) is 4. The molecule has 0 atom stereocenters. The van der Waals surface area contributed by atoms with Crippen molar-refractivity contribution in [2.24, 2.45) is 0 Å². The van der Waals surface area contributed by atoms with Gasteiger partial charge in [-0.25, -0.2) is 4.79 Å². The fourth-order valence-corrected chi connectivity index (χ4v) is 3.11. The molecule has 1 fully saturated rings. The maximum Gasteiger partial charge on any atom is 0.322 e. The Balaban J connectivity index is 1.56. The van der Waals surface area contributed by atoms with Gasteiger partial charge in [0.25, 0.3) is 5.69 Å². The molecular weight excluding hydrogens is 332 g/mol. The molecule has 3 rings (SSSR count). The normalized spacial score (nSPS) is 14.7. The highest BCUT2D eigenvalue weighted by molar-refractivity contribution is 5.91. The number of likely N-dealkylation sites (tertiary alicyclic amines) is 1. The molecule has 1 aliphatic rings. The van der Waals surface area contributed by atoms with E-state index in [1.54, 1.807) is 23.1 Å². The van der Waals surface area contributed by atoms with Gasteiger partial charge in [-0.15, -0.1) is 0 Å². The second-order valence-electron chi connectivity index (χ2n) is 6.42. The molecule has 26 heavy (non-hydrogen) atoms. The molecule has 1 saturated heterocycles. The molecule has 136 valence electrons.